The number of aromatic amines is 1. The largest absolute Gasteiger partial charge is 0.493 e. The predicted octanol–water partition coefficient (Wildman–Crippen LogP) is 2.32. The van der Waals surface area contributed by atoms with Gasteiger partial charge in [-0.3, -0.25) is 4.79 Å². The Morgan fingerprint density at radius 1 is 1.16 bits per heavy atom. The number of piperazine rings is 1. The molecule has 4 rings (SSSR count). The SMILES string of the molecule is COc1cccc(C(=O)N2CCN(S(=O)(=O)c3c[nH]c4ncccc34)CC2)c1OC(F)F. The molecule has 170 valence electrons. The number of nitrogens with one attached hydrogen (secondary N) is 1. The topological polar surface area (TPSA) is 105 Å². The van der Waals surface area contributed by atoms with Crippen LogP contribution in [0.25, 0.3) is 11.0 Å². The van der Waals surface area contributed by atoms with E-state index in [0.717, 1.165) is 0 Å². The summed E-state index contributed by atoms with van der Waals surface area (Å²) in [5.74, 6) is -0.894. The van der Waals surface area contributed by atoms with Gasteiger partial charge in [0.05, 0.1) is 12.7 Å². The first-order valence-corrected chi connectivity index (χ1v) is 11.1. The first-order valence-electron chi connectivity index (χ1n) is 9.66. The number of benzene rings is 1. The van der Waals surface area contributed by atoms with Crippen LogP contribution in [0.3, 0.4) is 0 Å². The molecule has 0 bridgehead atoms. The zero-order chi connectivity index (χ0) is 22.9. The summed E-state index contributed by atoms with van der Waals surface area (Å²) in [6, 6.07) is 7.59. The van der Waals surface area contributed by atoms with E-state index in [-0.39, 0.29) is 48.1 Å². The lowest BCUT2D eigenvalue weighted by molar-refractivity contribution is -0.0516. The summed E-state index contributed by atoms with van der Waals surface area (Å²) in [5.41, 5.74) is 0.383. The fraction of sp³-hybridized carbons (Fsp3) is 0.300. The van der Waals surface area contributed by atoms with Gasteiger partial charge in [0, 0.05) is 44.0 Å². The molecule has 1 amide bonds. The first kappa shape index (κ1) is 22.0. The number of halogens is 2. The molecule has 1 aliphatic rings. The molecule has 12 heteroatoms. The van der Waals surface area contributed by atoms with Crippen molar-refractivity contribution in [1.82, 2.24) is 19.2 Å². The normalized spacial score (nSPS) is 15.3. The average Bonchev–Trinajstić information content (AvgIpc) is 3.23. The van der Waals surface area contributed by atoms with E-state index in [0.29, 0.717) is 11.0 Å². The number of H-pyrrole nitrogens is 1. The van der Waals surface area contributed by atoms with Crippen LogP contribution in [0, 0.1) is 0 Å². The summed E-state index contributed by atoms with van der Waals surface area (Å²) in [6.45, 7) is -2.86. The molecular weight excluding hydrogens is 446 g/mol. The molecule has 32 heavy (non-hydrogen) atoms. The Bertz CT molecular complexity index is 1240. The molecule has 1 N–H and O–H groups in total. The molecule has 0 aliphatic carbocycles. The Hall–Kier alpha value is -3.25. The van der Waals surface area contributed by atoms with Gasteiger partial charge >= 0.3 is 6.61 Å². The van der Waals surface area contributed by atoms with Crippen LogP contribution in [0.5, 0.6) is 11.5 Å². The number of hydrogen-bond acceptors (Lipinski definition) is 6. The van der Waals surface area contributed by atoms with Gasteiger partial charge in [-0.05, 0) is 24.3 Å². The van der Waals surface area contributed by atoms with Gasteiger partial charge in [-0.2, -0.15) is 13.1 Å². The molecule has 0 spiro atoms. The molecule has 1 saturated heterocycles. The molecule has 1 aromatic carbocycles. The Morgan fingerprint density at radius 2 is 1.91 bits per heavy atom. The summed E-state index contributed by atoms with van der Waals surface area (Å²) < 4.78 is 62.8. The van der Waals surface area contributed by atoms with Gasteiger partial charge < -0.3 is 19.4 Å². The minimum Gasteiger partial charge on any atom is -0.493 e. The molecule has 1 aliphatic heterocycles. The number of ether oxygens (including phenoxy) is 2. The lowest BCUT2D eigenvalue weighted by Crippen LogP contribution is -2.50. The molecule has 2 aromatic heterocycles. The molecule has 9 nitrogen and oxygen atoms in total. The Kier molecular flexibility index (Phi) is 5.98. The standard InChI is InChI=1S/C20H20F2N4O5S/c1-30-15-6-2-4-14(17(15)31-20(21)22)19(27)25-8-10-26(11-9-25)32(28,29)16-12-24-18-13(16)5-3-7-23-18/h2-7,12,20H,8-11H2,1H3,(H,23,24). The zero-order valence-electron chi connectivity index (χ0n) is 17.0. The van der Waals surface area contributed by atoms with Crippen molar-refractivity contribution in [2.24, 2.45) is 0 Å². The highest BCUT2D eigenvalue weighted by atomic mass is 32.2. The number of aromatic nitrogens is 2. The van der Waals surface area contributed by atoms with E-state index in [9.17, 15) is 22.0 Å². The van der Waals surface area contributed by atoms with Crippen molar-refractivity contribution in [2.75, 3.05) is 33.3 Å². The fourth-order valence-corrected chi connectivity index (χ4v) is 5.21. The predicted molar refractivity (Wildman–Crippen MR) is 110 cm³/mol. The Labute approximate surface area is 182 Å². The van der Waals surface area contributed by atoms with E-state index in [1.54, 1.807) is 18.3 Å². The van der Waals surface area contributed by atoms with Crippen molar-refractivity contribution in [3.05, 3.63) is 48.3 Å². The van der Waals surface area contributed by atoms with Gasteiger partial charge in [0.25, 0.3) is 5.91 Å². The summed E-state index contributed by atoms with van der Waals surface area (Å²) in [4.78, 5) is 21.5. The van der Waals surface area contributed by atoms with Crippen LogP contribution in [-0.2, 0) is 10.0 Å². The minimum absolute atomic E-state index is 0.00492. The number of nitrogens with zero attached hydrogens (tertiary/aromatic N) is 3. The highest BCUT2D eigenvalue weighted by Gasteiger charge is 2.33. The van der Waals surface area contributed by atoms with Crippen LogP contribution >= 0.6 is 0 Å². The van der Waals surface area contributed by atoms with Crippen molar-refractivity contribution >= 4 is 27.0 Å². The van der Waals surface area contributed by atoms with Crippen LogP contribution in [-0.4, -0.2) is 73.4 Å². The number of rotatable bonds is 6. The van der Waals surface area contributed by atoms with Crippen molar-refractivity contribution in [1.29, 1.82) is 0 Å². The molecule has 0 atom stereocenters. The fourth-order valence-electron chi connectivity index (χ4n) is 3.64. The van der Waals surface area contributed by atoms with Gasteiger partial charge in [-0.25, -0.2) is 13.4 Å². The number of alkyl halides is 2. The number of methoxy groups -OCH3 is 1. The van der Waals surface area contributed by atoms with Crippen LogP contribution in [0.2, 0.25) is 0 Å². The maximum atomic E-state index is 13.1. The summed E-state index contributed by atoms with van der Waals surface area (Å²) in [7, 11) is -2.53. The quantitative estimate of drug-likeness (QED) is 0.598. The molecule has 3 heterocycles. The smallest absolute Gasteiger partial charge is 0.387 e. The zero-order valence-corrected chi connectivity index (χ0v) is 17.8. The highest BCUT2D eigenvalue weighted by Crippen LogP contribution is 2.33. The number of sulfonamides is 1. The first-order chi connectivity index (χ1) is 15.3. The minimum atomic E-state index is -3.81. The number of carbonyl (C=O) groups is 1. The molecule has 3 aromatic rings. The van der Waals surface area contributed by atoms with Crippen LogP contribution in [0.4, 0.5) is 8.78 Å². The number of amides is 1. The number of hydrogen-bond donors (Lipinski definition) is 1. The van der Waals surface area contributed by atoms with Crippen molar-refractivity contribution < 1.29 is 31.5 Å². The van der Waals surface area contributed by atoms with Gasteiger partial charge in [-0.1, -0.05) is 6.07 Å². The summed E-state index contributed by atoms with van der Waals surface area (Å²) in [5, 5.41) is 0.483. The van der Waals surface area contributed by atoms with Crippen LogP contribution in [0.1, 0.15) is 10.4 Å². The Balaban J connectivity index is 1.52. The van der Waals surface area contributed by atoms with E-state index in [4.69, 9.17) is 4.74 Å². The molecular formula is C20H20F2N4O5S. The van der Waals surface area contributed by atoms with E-state index < -0.39 is 22.5 Å². The number of para-hydroxylation sites is 1. The van der Waals surface area contributed by atoms with Gasteiger partial charge in [0.15, 0.2) is 11.5 Å². The van der Waals surface area contributed by atoms with Gasteiger partial charge in [-0.15, -0.1) is 0 Å². The van der Waals surface area contributed by atoms with Gasteiger partial charge in [0.1, 0.15) is 10.5 Å². The van der Waals surface area contributed by atoms with E-state index >= 15 is 0 Å². The summed E-state index contributed by atoms with van der Waals surface area (Å²) >= 11 is 0. The highest BCUT2D eigenvalue weighted by molar-refractivity contribution is 7.89. The van der Waals surface area contributed by atoms with E-state index in [1.165, 1.54) is 40.7 Å². The van der Waals surface area contributed by atoms with Crippen LogP contribution in [0.15, 0.2) is 47.6 Å². The second-order valence-corrected chi connectivity index (χ2v) is 8.87. The van der Waals surface area contributed by atoms with Crippen LogP contribution < -0.4 is 9.47 Å². The lowest BCUT2D eigenvalue weighted by Gasteiger charge is -2.34. The number of pyridine rings is 1. The average molecular weight is 466 g/mol. The lowest BCUT2D eigenvalue weighted by atomic mass is 10.1. The summed E-state index contributed by atoms with van der Waals surface area (Å²) in [6.07, 6.45) is 2.96. The van der Waals surface area contributed by atoms with Crippen molar-refractivity contribution in [2.45, 2.75) is 11.5 Å². The molecule has 0 radical (unpaired) electrons. The maximum Gasteiger partial charge on any atom is 0.387 e. The third-order valence-electron chi connectivity index (χ3n) is 5.19. The second-order valence-electron chi connectivity index (χ2n) is 6.96. The van der Waals surface area contributed by atoms with E-state index in [1.807, 2.05) is 0 Å². The maximum absolute atomic E-state index is 13.1. The number of carbonyl (C=O) groups excluding carboxylic acids is 1. The monoisotopic (exact) mass is 466 g/mol. The van der Waals surface area contributed by atoms with Crippen molar-refractivity contribution in [3.63, 3.8) is 0 Å². The Morgan fingerprint density at radius 3 is 2.59 bits per heavy atom. The van der Waals surface area contributed by atoms with E-state index in [2.05, 4.69) is 14.7 Å². The molecule has 1 fully saturated rings. The molecule has 0 unspecified atom stereocenters. The second kappa shape index (κ2) is 8.71. The molecule has 0 saturated carbocycles. The van der Waals surface area contributed by atoms with Gasteiger partial charge in [0.2, 0.25) is 10.0 Å². The third kappa shape index (κ3) is 3.98. The number of fused-ring (bicyclic) bond motifs is 1. The third-order valence-corrected chi connectivity index (χ3v) is 7.13. The van der Waals surface area contributed by atoms with Crippen molar-refractivity contribution in [3.8, 4) is 11.5 Å².